The van der Waals surface area contributed by atoms with Gasteiger partial charge in [0.15, 0.2) is 0 Å². The van der Waals surface area contributed by atoms with E-state index in [1.54, 1.807) is 22.9 Å². The van der Waals surface area contributed by atoms with Crippen LogP contribution in [0.3, 0.4) is 0 Å². The molecule has 2 rings (SSSR count). The first-order chi connectivity index (χ1) is 8.25. The van der Waals surface area contributed by atoms with Gasteiger partial charge in [-0.1, -0.05) is 23.8 Å². The van der Waals surface area contributed by atoms with E-state index in [0.29, 0.717) is 13.2 Å². The highest BCUT2D eigenvalue weighted by atomic mass is 16.5. The summed E-state index contributed by atoms with van der Waals surface area (Å²) < 4.78 is 7.19. The summed E-state index contributed by atoms with van der Waals surface area (Å²) in [4.78, 5) is 11.4. The molecule has 0 N–H and O–H groups in total. The van der Waals surface area contributed by atoms with Crippen LogP contribution in [0.15, 0.2) is 53.5 Å². The van der Waals surface area contributed by atoms with Crippen LogP contribution in [0.4, 0.5) is 0 Å². The Morgan fingerprint density at radius 2 is 1.88 bits per heavy atom. The predicted octanol–water partition coefficient (Wildman–Crippen LogP) is 2.24. The molecule has 0 atom stereocenters. The first-order valence-electron chi connectivity index (χ1n) is 5.60. The van der Waals surface area contributed by atoms with E-state index >= 15 is 0 Å². The highest BCUT2D eigenvalue weighted by molar-refractivity contribution is 5.26. The number of pyridine rings is 1. The second kappa shape index (κ2) is 5.34. The molecular formula is C14H15NO2. The van der Waals surface area contributed by atoms with Gasteiger partial charge in [-0.15, -0.1) is 0 Å². The van der Waals surface area contributed by atoms with E-state index in [9.17, 15) is 4.79 Å². The van der Waals surface area contributed by atoms with Crippen molar-refractivity contribution in [3.63, 3.8) is 0 Å². The number of benzene rings is 1. The summed E-state index contributed by atoms with van der Waals surface area (Å²) in [5.41, 5.74) is 1.21. The Morgan fingerprint density at radius 3 is 2.59 bits per heavy atom. The molecule has 2 aromatic rings. The highest BCUT2D eigenvalue weighted by Crippen LogP contribution is 2.10. The van der Waals surface area contributed by atoms with Crippen molar-refractivity contribution in [3.05, 3.63) is 64.6 Å². The van der Waals surface area contributed by atoms with Crippen molar-refractivity contribution in [2.75, 3.05) is 6.61 Å². The zero-order chi connectivity index (χ0) is 12.1. The second-order valence-electron chi connectivity index (χ2n) is 3.89. The van der Waals surface area contributed by atoms with Crippen LogP contribution >= 0.6 is 0 Å². The Kier molecular flexibility index (Phi) is 3.60. The van der Waals surface area contributed by atoms with E-state index in [0.717, 1.165) is 5.75 Å². The lowest BCUT2D eigenvalue weighted by molar-refractivity contribution is 0.296. The largest absolute Gasteiger partial charge is 0.492 e. The molecule has 0 bridgehead atoms. The first-order valence-corrected chi connectivity index (χ1v) is 5.60. The molecule has 1 aromatic heterocycles. The minimum absolute atomic E-state index is 0.00000567. The quantitative estimate of drug-likeness (QED) is 0.805. The van der Waals surface area contributed by atoms with E-state index < -0.39 is 0 Å². The minimum Gasteiger partial charge on any atom is -0.492 e. The van der Waals surface area contributed by atoms with Gasteiger partial charge >= 0.3 is 0 Å². The molecule has 1 aromatic carbocycles. The third-order valence-electron chi connectivity index (χ3n) is 2.52. The Morgan fingerprint density at radius 1 is 1.12 bits per heavy atom. The van der Waals surface area contributed by atoms with Gasteiger partial charge in [0.2, 0.25) is 0 Å². The Hall–Kier alpha value is -2.03. The van der Waals surface area contributed by atoms with Gasteiger partial charge in [0.25, 0.3) is 5.56 Å². The van der Waals surface area contributed by atoms with Crippen molar-refractivity contribution in [2.24, 2.45) is 0 Å². The van der Waals surface area contributed by atoms with Crippen molar-refractivity contribution < 1.29 is 4.74 Å². The maximum atomic E-state index is 11.4. The molecule has 0 amide bonds. The average molecular weight is 229 g/mol. The molecule has 0 fully saturated rings. The summed E-state index contributed by atoms with van der Waals surface area (Å²) in [7, 11) is 0. The summed E-state index contributed by atoms with van der Waals surface area (Å²) in [5.74, 6) is 0.833. The van der Waals surface area contributed by atoms with E-state index in [2.05, 4.69) is 0 Å². The van der Waals surface area contributed by atoms with Gasteiger partial charge in [0, 0.05) is 12.3 Å². The second-order valence-corrected chi connectivity index (χ2v) is 3.89. The summed E-state index contributed by atoms with van der Waals surface area (Å²) in [6.07, 6.45) is 1.76. The van der Waals surface area contributed by atoms with Crippen molar-refractivity contribution in [1.82, 2.24) is 4.57 Å². The molecule has 3 nitrogen and oxygen atoms in total. The van der Waals surface area contributed by atoms with Crippen molar-refractivity contribution in [3.8, 4) is 5.75 Å². The first kappa shape index (κ1) is 11.5. The van der Waals surface area contributed by atoms with E-state index in [1.807, 2.05) is 37.3 Å². The van der Waals surface area contributed by atoms with Gasteiger partial charge in [-0.25, -0.2) is 0 Å². The topological polar surface area (TPSA) is 31.2 Å². The molecule has 0 radical (unpaired) electrons. The fourth-order valence-electron chi connectivity index (χ4n) is 1.54. The van der Waals surface area contributed by atoms with E-state index in [-0.39, 0.29) is 5.56 Å². The third kappa shape index (κ3) is 3.21. The van der Waals surface area contributed by atoms with E-state index in [1.165, 1.54) is 5.56 Å². The van der Waals surface area contributed by atoms with Crippen molar-refractivity contribution >= 4 is 0 Å². The van der Waals surface area contributed by atoms with Crippen LogP contribution in [-0.4, -0.2) is 11.2 Å². The predicted molar refractivity (Wildman–Crippen MR) is 67.4 cm³/mol. The molecule has 0 spiro atoms. The molecule has 0 unspecified atom stereocenters. The minimum atomic E-state index is 0.00000567. The van der Waals surface area contributed by atoms with Crippen LogP contribution in [0.1, 0.15) is 5.56 Å². The van der Waals surface area contributed by atoms with Crippen LogP contribution in [0.25, 0.3) is 0 Å². The average Bonchev–Trinajstić information content (AvgIpc) is 2.34. The lowest BCUT2D eigenvalue weighted by Crippen LogP contribution is -2.21. The summed E-state index contributed by atoms with van der Waals surface area (Å²) in [5, 5.41) is 0. The highest BCUT2D eigenvalue weighted by Gasteiger charge is 1.95. The van der Waals surface area contributed by atoms with Crippen LogP contribution in [0, 0.1) is 6.92 Å². The van der Waals surface area contributed by atoms with Gasteiger partial charge in [0.05, 0.1) is 6.54 Å². The van der Waals surface area contributed by atoms with Crippen LogP contribution in [0.5, 0.6) is 5.75 Å². The Balaban J connectivity index is 1.90. The number of rotatable bonds is 4. The van der Waals surface area contributed by atoms with E-state index in [4.69, 9.17) is 4.74 Å². The van der Waals surface area contributed by atoms with Crippen LogP contribution < -0.4 is 10.3 Å². The molecule has 0 saturated heterocycles. The molecule has 0 aliphatic rings. The molecule has 0 saturated carbocycles. The number of hydrogen-bond acceptors (Lipinski definition) is 2. The van der Waals surface area contributed by atoms with Gasteiger partial charge in [-0.05, 0) is 25.1 Å². The summed E-state index contributed by atoms with van der Waals surface area (Å²) >= 11 is 0. The molecule has 0 aliphatic heterocycles. The normalized spacial score (nSPS) is 10.2. The van der Waals surface area contributed by atoms with Gasteiger partial charge in [0.1, 0.15) is 12.4 Å². The Bertz CT molecular complexity index is 528. The number of nitrogens with zero attached hydrogens (tertiary/aromatic N) is 1. The third-order valence-corrected chi connectivity index (χ3v) is 2.52. The molecule has 88 valence electrons. The monoisotopic (exact) mass is 229 g/mol. The van der Waals surface area contributed by atoms with Gasteiger partial charge in [-0.3, -0.25) is 4.79 Å². The number of aryl methyl sites for hydroxylation is 1. The van der Waals surface area contributed by atoms with Crippen molar-refractivity contribution in [1.29, 1.82) is 0 Å². The molecular weight excluding hydrogens is 214 g/mol. The smallest absolute Gasteiger partial charge is 0.250 e. The van der Waals surface area contributed by atoms with Crippen LogP contribution in [-0.2, 0) is 6.54 Å². The lowest BCUT2D eigenvalue weighted by atomic mass is 10.2. The summed E-state index contributed by atoms with van der Waals surface area (Å²) in [6.45, 7) is 3.09. The maximum Gasteiger partial charge on any atom is 0.250 e. The van der Waals surface area contributed by atoms with Crippen molar-refractivity contribution in [2.45, 2.75) is 13.5 Å². The maximum absolute atomic E-state index is 11.4. The number of ether oxygens (including phenoxy) is 1. The standard InChI is InChI=1S/C14H15NO2/c1-12-5-7-13(8-6-12)17-11-10-15-9-3-2-4-14(15)16/h2-9H,10-11H2,1H3. The Labute approximate surface area is 100 Å². The fourth-order valence-corrected chi connectivity index (χ4v) is 1.54. The molecule has 0 aliphatic carbocycles. The molecule has 3 heteroatoms. The summed E-state index contributed by atoms with van der Waals surface area (Å²) in [6, 6.07) is 13.0. The molecule has 1 heterocycles. The zero-order valence-corrected chi connectivity index (χ0v) is 9.80. The van der Waals surface area contributed by atoms with Crippen LogP contribution in [0.2, 0.25) is 0 Å². The number of hydrogen-bond donors (Lipinski definition) is 0. The number of aromatic nitrogens is 1. The zero-order valence-electron chi connectivity index (χ0n) is 9.80. The van der Waals surface area contributed by atoms with Gasteiger partial charge < -0.3 is 9.30 Å². The lowest BCUT2D eigenvalue weighted by Gasteiger charge is -2.07. The van der Waals surface area contributed by atoms with Gasteiger partial charge in [-0.2, -0.15) is 0 Å². The fraction of sp³-hybridized carbons (Fsp3) is 0.214. The molecule has 17 heavy (non-hydrogen) atoms. The SMILES string of the molecule is Cc1ccc(OCCn2ccccc2=O)cc1.